The maximum Gasteiger partial charge on any atom is 0.366 e. The zero-order valence-corrected chi connectivity index (χ0v) is 11.5. The Morgan fingerprint density at radius 3 is 2.95 bits per heavy atom. The van der Waals surface area contributed by atoms with Crippen LogP contribution in [0.5, 0.6) is 5.75 Å². The lowest BCUT2D eigenvalue weighted by Gasteiger charge is -2.30. The van der Waals surface area contributed by atoms with Crippen LogP contribution in [0.3, 0.4) is 0 Å². The fourth-order valence-electron chi connectivity index (χ4n) is 2.56. The van der Waals surface area contributed by atoms with Crippen molar-refractivity contribution in [3.63, 3.8) is 0 Å². The molecule has 0 radical (unpaired) electrons. The molecule has 3 heterocycles. The second-order valence-electron chi connectivity index (χ2n) is 4.51. The van der Waals surface area contributed by atoms with Crippen LogP contribution in [0.2, 0.25) is 0 Å². The summed E-state index contributed by atoms with van der Waals surface area (Å²) in [6.07, 6.45) is 2.17. The number of hydrogen-bond donors (Lipinski definition) is 0. The van der Waals surface area contributed by atoms with E-state index in [2.05, 4.69) is 9.88 Å². The van der Waals surface area contributed by atoms with Crippen LogP contribution in [0.15, 0.2) is 6.07 Å². The normalized spacial score (nSPS) is 19.7. The predicted molar refractivity (Wildman–Crippen MR) is 72.8 cm³/mol. The van der Waals surface area contributed by atoms with Gasteiger partial charge in [-0.2, -0.15) is 0 Å². The highest BCUT2D eigenvalue weighted by atomic mass is 16.6. The number of aryl methyl sites for hydroxylation is 1. The zero-order valence-electron chi connectivity index (χ0n) is 11.5. The lowest BCUT2D eigenvalue weighted by molar-refractivity contribution is -0.389. The Morgan fingerprint density at radius 1 is 1.53 bits per heavy atom. The summed E-state index contributed by atoms with van der Waals surface area (Å²) in [5, 5.41) is 10.8. The van der Waals surface area contributed by atoms with E-state index in [1.165, 1.54) is 6.07 Å². The summed E-state index contributed by atoms with van der Waals surface area (Å²) in [6, 6.07) is 1.80. The largest absolute Gasteiger partial charge is 0.485 e. The molecule has 6 nitrogen and oxygen atoms in total. The first-order chi connectivity index (χ1) is 9.16. The number of nitro groups is 1. The van der Waals surface area contributed by atoms with E-state index in [0.29, 0.717) is 24.2 Å². The standard InChI is InChI=1S/C11H13N3O3.C2H6/c1-7-5-9(14(15)16)12-11-10(7)17-6-8-3-2-4-13(8)11;1-2/h5,8H,2-4,6H2,1H3;1-2H3. The number of pyridine rings is 1. The third kappa shape index (κ3) is 2.34. The number of nitrogens with zero attached hydrogens (tertiary/aromatic N) is 3. The molecule has 1 aromatic heterocycles. The molecule has 6 heteroatoms. The third-order valence-electron chi connectivity index (χ3n) is 3.38. The molecule has 0 saturated carbocycles. The molecule has 1 fully saturated rings. The number of anilines is 1. The summed E-state index contributed by atoms with van der Waals surface area (Å²) in [7, 11) is 0. The van der Waals surface area contributed by atoms with Crippen molar-refractivity contribution in [1.82, 2.24) is 4.98 Å². The summed E-state index contributed by atoms with van der Waals surface area (Å²) < 4.78 is 5.68. The Bertz CT molecular complexity index is 490. The van der Waals surface area contributed by atoms with Crippen LogP contribution in [0.25, 0.3) is 0 Å². The molecule has 3 rings (SSSR count). The second-order valence-corrected chi connectivity index (χ2v) is 4.51. The topological polar surface area (TPSA) is 68.5 Å². The van der Waals surface area contributed by atoms with Crippen LogP contribution in [0.4, 0.5) is 11.6 Å². The van der Waals surface area contributed by atoms with Crippen LogP contribution in [-0.4, -0.2) is 29.1 Å². The molecule has 0 amide bonds. The van der Waals surface area contributed by atoms with Crippen LogP contribution >= 0.6 is 0 Å². The minimum absolute atomic E-state index is 0.0996. The van der Waals surface area contributed by atoms with Gasteiger partial charge in [-0.15, -0.1) is 0 Å². The summed E-state index contributed by atoms with van der Waals surface area (Å²) in [6.45, 7) is 7.39. The van der Waals surface area contributed by atoms with E-state index in [-0.39, 0.29) is 5.82 Å². The van der Waals surface area contributed by atoms with E-state index >= 15 is 0 Å². The predicted octanol–water partition coefficient (Wildman–Crippen LogP) is 2.69. The molecule has 2 aliphatic rings. The lowest BCUT2D eigenvalue weighted by atomic mass is 10.2. The van der Waals surface area contributed by atoms with Gasteiger partial charge in [0.1, 0.15) is 6.61 Å². The van der Waals surface area contributed by atoms with E-state index in [0.717, 1.165) is 24.9 Å². The molecule has 0 bridgehead atoms. The van der Waals surface area contributed by atoms with E-state index in [4.69, 9.17) is 4.74 Å². The number of aromatic nitrogens is 1. The van der Waals surface area contributed by atoms with Crippen molar-refractivity contribution in [2.24, 2.45) is 0 Å². The monoisotopic (exact) mass is 265 g/mol. The number of fused-ring (bicyclic) bond motifs is 3. The lowest BCUT2D eigenvalue weighted by Crippen LogP contribution is -2.39. The minimum Gasteiger partial charge on any atom is -0.485 e. The Balaban J connectivity index is 0.000000637. The van der Waals surface area contributed by atoms with Crippen LogP contribution in [0.1, 0.15) is 32.3 Å². The molecule has 0 aromatic carbocycles. The first-order valence-electron chi connectivity index (χ1n) is 6.72. The van der Waals surface area contributed by atoms with E-state index in [9.17, 15) is 10.1 Å². The molecule has 104 valence electrons. The molecule has 1 atom stereocenters. The summed E-state index contributed by atoms with van der Waals surface area (Å²) in [5.41, 5.74) is 0.784. The molecular formula is C13H19N3O3. The van der Waals surface area contributed by atoms with Gasteiger partial charge in [0, 0.05) is 18.2 Å². The van der Waals surface area contributed by atoms with Crippen molar-refractivity contribution < 1.29 is 9.66 Å². The Hall–Kier alpha value is -1.85. The summed E-state index contributed by atoms with van der Waals surface area (Å²) in [4.78, 5) is 16.6. The van der Waals surface area contributed by atoms with Gasteiger partial charge in [0.2, 0.25) is 0 Å². The Morgan fingerprint density at radius 2 is 2.26 bits per heavy atom. The van der Waals surface area contributed by atoms with E-state index in [1.54, 1.807) is 0 Å². The van der Waals surface area contributed by atoms with Gasteiger partial charge < -0.3 is 19.8 Å². The Labute approximate surface area is 112 Å². The molecule has 0 spiro atoms. The second kappa shape index (κ2) is 5.42. The van der Waals surface area contributed by atoms with Crippen molar-refractivity contribution in [1.29, 1.82) is 0 Å². The van der Waals surface area contributed by atoms with Gasteiger partial charge in [0.15, 0.2) is 5.75 Å². The van der Waals surface area contributed by atoms with Gasteiger partial charge in [-0.3, -0.25) is 0 Å². The minimum atomic E-state index is -0.451. The van der Waals surface area contributed by atoms with Crippen LogP contribution in [0, 0.1) is 17.0 Å². The molecule has 0 aliphatic carbocycles. The fraction of sp³-hybridized carbons (Fsp3) is 0.615. The van der Waals surface area contributed by atoms with Gasteiger partial charge in [-0.05, 0) is 29.7 Å². The first-order valence-corrected chi connectivity index (χ1v) is 6.72. The van der Waals surface area contributed by atoms with E-state index < -0.39 is 4.92 Å². The van der Waals surface area contributed by atoms with Gasteiger partial charge in [-0.1, -0.05) is 13.8 Å². The van der Waals surface area contributed by atoms with Crippen LogP contribution < -0.4 is 9.64 Å². The first kappa shape index (κ1) is 13.6. The molecule has 2 aliphatic heterocycles. The number of hydrogen-bond acceptors (Lipinski definition) is 5. The summed E-state index contributed by atoms with van der Waals surface area (Å²) in [5.74, 6) is 1.25. The van der Waals surface area contributed by atoms with Gasteiger partial charge in [-0.25, -0.2) is 0 Å². The Kier molecular flexibility index (Phi) is 3.87. The SMILES string of the molecule is CC.Cc1cc([N+](=O)[O-])nc2c1OCC1CCCN21. The molecular weight excluding hydrogens is 246 g/mol. The van der Waals surface area contributed by atoms with Crippen molar-refractivity contribution in [2.75, 3.05) is 18.1 Å². The molecule has 1 aromatic rings. The summed E-state index contributed by atoms with van der Waals surface area (Å²) >= 11 is 0. The maximum absolute atomic E-state index is 10.8. The quantitative estimate of drug-likeness (QED) is 0.577. The maximum atomic E-state index is 10.8. The number of rotatable bonds is 1. The van der Waals surface area contributed by atoms with Crippen LogP contribution in [-0.2, 0) is 0 Å². The average Bonchev–Trinajstić information content (AvgIpc) is 2.89. The fourth-order valence-corrected chi connectivity index (χ4v) is 2.56. The molecule has 1 unspecified atom stereocenters. The van der Waals surface area contributed by atoms with E-state index in [1.807, 2.05) is 20.8 Å². The van der Waals surface area contributed by atoms with Crippen molar-refractivity contribution in [3.05, 3.63) is 21.7 Å². The van der Waals surface area contributed by atoms with Crippen molar-refractivity contribution in [3.8, 4) is 5.75 Å². The smallest absolute Gasteiger partial charge is 0.366 e. The molecule has 1 saturated heterocycles. The number of ether oxygens (including phenoxy) is 1. The van der Waals surface area contributed by atoms with Gasteiger partial charge in [0.25, 0.3) is 5.82 Å². The third-order valence-corrected chi connectivity index (χ3v) is 3.38. The highest BCUT2D eigenvalue weighted by Gasteiger charge is 2.37. The zero-order chi connectivity index (χ0) is 14.0. The average molecular weight is 265 g/mol. The van der Waals surface area contributed by atoms with Crippen molar-refractivity contribution in [2.45, 2.75) is 39.7 Å². The van der Waals surface area contributed by atoms with Crippen molar-refractivity contribution >= 4 is 11.6 Å². The molecule has 0 N–H and O–H groups in total. The highest BCUT2D eigenvalue weighted by Crippen LogP contribution is 2.39. The van der Waals surface area contributed by atoms with Gasteiger partial charge in [0.05, 0.1) is 6.04 Å². The van der Waals surface area contributed by atoms with Gasteiger partial charge >= 0.3 is 5.82 Å². The molecule has 19 heavy (non-hydrogen) atoms. The highest BCUT2D eigenvalue weighted by molar-refractivity contribution is 5.61.